The summed E-state index contributed by atoms with van der Waals surface area (Å²) in [5, 5.41) is 3.46. The first-order valence-electron chi connectivity index (χ1n) is 7.56. The second-order valence-corrected chi connectivity index (χ2v) is 5.11. The molecule has 1 heterocycles. The lowest BCUT2D eigenvalue weighted by atomic mass is 10.1. The van der Waals surface area contributed by atoms with Crippen LogP contribution in [0.5, 0.6) is 0 Å². The summed E-state index contributed by atoms with van der Waals surface area (Å²) >= 11 is 0. The van der Waals surface area contributed by atoms with Crippen LogP contribution < -0.4 is 10.2 Å². The smallest absolute Gasteiger partial charge is 0.134 e. The molecule has 0 spiro atoms. The topological polar surface area (TPSA) is 41.0 Å². The predicted molar refractivity (Wildman–Crippen MR) is 88.8 cm³/mol. The van der Waals surface area contributed by atoms with Gasteiger partial charge in [0, 0.05) is 25.2 Å². The number of nitrogens with one attached hydrogen (secondary N) is 1. The molecule has 0 saturated carbocycles. The van der Waals surface area contributed by atoms with Gasteiger partial charge in [0.25, 0.3) is 0 Å². The molecule has 1 aromatic heterocycles. The SMILES string of the molecule is CCN(CC)c1cc(NC(C)c2ccccc2)nc(C)n1. The van der Waals surface area contributed by atoms with E-state index in [1.54, 1.807) is 0 Å². The lowest BCUT2D eigenvalue weighted by molar-refractivity contribution is 0.826. The quantitative estimate of drug-likeness (QED) is 0.876. The highest BCUT2D eigenvalue weighted by Gasteiger charge is 2.10. The van der Waals surface area contributed by atoms with Crippen LogP contribution in [0.2, 0.25) is 0 Å². The van der Waals surface area contributed by atoms with Gasteiger partial charge < -0.3 is 10.2 Å². The Morgan fingerprint density at radius 3 is 2.38 bits per heavy atom. The zero-order chi connectivity index (χ0) is 15.2. The average molecular weight is 284 g/mol. The monoisotopic (exact) mass is 284 g/mol. The van der Waals surface area contributed by atoms with Crippen molar-refractivity contribution < 1.29 is 0 Å². The molecule has 4 nitrogen and oxygen atoms in total. The molecule has 1 N–H and O–H groups in total. The summed E-state index contributed by atoms with van der Waals surface area (Å²) in [7, 11) is 0. The van der Waals surface area contributed by atoms with Crippen LogP contribution in [0.25, 0.3) is 0 Å². The van der Waals surface area contributed by atoms with E-state index in [0.717, 1.165) is 30.5 Å². The maximum atomic E-state index is 4.53. The van der Waals surface area contributed by atoms with E-state index in [4.69, 9.17) is 0 Å². The minimum atomic E-state index is 0.213. The van der Waals surface area contributed by atoms with E-state index < -0.39 is 0 Å². The van der Waals surface area contributed by atoms with Gasteiger partial charge in [-0.25, -0.2) is 9.97 Å². The number of benzene rings is 1. The summed E-state index contributed by atoms with van der Waals surface area (Å²) in [5.74, 6) is 2.65. The maximum Gasteiger partial charge on any atom is 0.134 e. The van der Waals surface area contributed by atoms with Crippen molar-refractivity contribution in [3.05, 3.63) is 47.8 Å². The summed E-state index contributed by atoms with van der Waals surface area (Å²) in [6, 6.07) is 12.6. The Kier molecular flexibility index (Phi) is 5.14. The third kappa shape index (κ3) is 3.94. The number of nitrogens with zero attached hydrogens (tertiary/aromatic N) is 3. The second kappa shape index (κ2) is 7.07. The molecule has 2 rings (SSSR count). The molecular weight excluding hydrogens is 260 g/mol. The summed E-state index contributed by atoms with van der Waals surface area (Å²) in [6.07, 6.45) is 0. The highest BCUT2D eigenvalue weighted by atomic mass is 15.2. The first kappa shape index (κ1) is 15.3. The second-order valence-electron chi connectivity index (χ2n) is 5.11. The van der Waals surface area contributed by atoms with Gasteiger partial charge in [0.2, 0.25) is 0 Å². The Morgan fingerprint density at radius 2 is 1.76 bits per heavy atom. The molecule has 1 atom stereocenters. The average Bonchev–Trinajstić information content (AvgIpc) is 2.49. The number of aryl methyl sites for hydroxylation is 1. The largest absolute Gasteiger partial charge is 0.363 e. The fourth-order valence-electron chi connectivity index (χ4n) is 2.38. The van der Waals surface area contributed by atoms with Crippen LogP contribution in [0, 0.1) is 6.92 Å². The third-order valence-corrected chi connectivity index (χ3v) is 3.58. The Hall–Kier alpha value is -2.10. The predicted octanol–water partition coefficient (Wildman–Crippen LogP) is 3.80. The van der Waals surface area contributed by atoms with Gasteiger partial charge in [-0.15, -0.1) is 0 Å². The summed E-state index contributed by atoms with van der Waals surface area (Å²) in [6.45, 7) is 10.2. The Balaban J connectivity index is 2.20. The Morgan fingerprint density at radius 1 is 1.10 bits per heavy atom. The van der Waals surface area contributed by atoms with Gasteiger partial charge in [-0.3, -0.25) is 0 Å². The standard InChI is InChI=1S/C17H24N4/c1-5-21(6-2)17-12-16(19-14(4)20-17)18-13(3)15-10-8-7-9-11-15/h7-13H,5-6H2,1-4H3,(H,18,19,20). The van der Waals surface area contributed by atoms with Gasteiger partial charge in [-0.1, -0.05) is 30.3 Å². The van der Waals surface area contributed by atoms with Crippen molar-refractivity contribution >= 4 is 11.6 Å². The molecule has 4 heteroatoms. The first-order valence-corrected chi connectivity index (χ1v) is 7.56. The molecule has 0 aliphatic heterocycles. The van der Waals surface area contributed by atoms with Crippen LogP contribution in [-0.4, -0.2) is 23.1 Å². The Labute approximate surface area is 127 Å². The Bertz CT molecular complexity index is 564. The van der Waals surface area contributed by atoms with Crippen molar-refractivity contribution in [1.82, 2.24) is 9.97 Å². The molecule has 112 valence electrons. The molecule has 1 unspecified atom stereocenters. The first-order chi connectivity index (χ1) is 10.1. The summed E-state index contributed by atoms with van der Waals surface area (Å²) in [5.41, 5.74) is 1.25. The number of hydrogen-bond donors (Lipinski definition) is 1. The van der Waals surface area contributed by atoms with Crippen molar-refractivity contribution in [3.8, 4) is 0 Å². The van der Waals surface area contributed by atoms with Crippen molar-refractivity contribution in [2.75, 3.05) is 23.3 Å². The number of aromatic nitrogens is 2. The fourth-order valence-corrected chi connectivity index (χ4v) is 2.38. The van der Waals surface area contributed by atoms with Crippen LogP contribution in [0.1, 0.15) is 38.2 Å². The highest BCUT2D eigenvalue weighted by Crippen LogP contribution is 2.21. The molecule has 0 amide bonds. The third-order valence-electron chi connectivity index (χ3n) is 3.58. The molecule has 1 aromatic carbocycles. The van der Waals surface area contributed by atoms with Gasteiger partial charge in [-0.05, 0) is 33.3 Å². The molecule has 21 heavy (non-hydrogen) atoms. The van der Waals surface area contributed by atoms with Gasteiger partial charge >= 0.3 is 0 Å². The van der Waals surface area contributed by atoms with Crippen molar-refractivity contribution in [2.24, 2.45) is 0 Å². The zero-order valence-electron chi connectivity index (χ0n) is 13.3. The van der Waals surface area contributed by atoms with Crippen molar-refractivity contribution in [3.63, 3.8) is 0 Å². The lowest BCUT2D eigenvalue weighted by Gasteiger charge is -2.22. The summed E-state index contributed by atoms with van der Waals surface area (Å²) < 4.78 is 0. The number of anilines is 2. The van der Waals surface area contributed by atoms with Gasteiger partial charge in [0.05, 0.1) is 0 Å². The highest BCUT2D eigenvalue weighted by molar-refractivity contribution is 5.50. The zero-order valence-corrected chi connectivity index (χ0v) is 13.3. The van der Waals surface area contributed by atoms with E-state index in [1.165, 1.54) is 5.56 Å². The molecule has 0 aliphatic carbocycles. The van der Waals surface area contributed by atoms with Gasteiger partial charge in [-0.2, -0.15) is 0 Å². The van der Waals surface area contributed by atoms with Crippen LogP contribution >= 0.6 is 0 Å². The minimum Gasteiger partial charge on any atom is -0.363 e. The van der Waals surface area contributed by atoms with Gasteiger partial charge in [0.15, 0.2) is 0 Å². The van der Waals surface area contributed by atoms with E-state index in [0.29, 0.717) is 0 Å². The molecule has 0 bridgehead atoms. The number of rotatable bonds is 6. The molecule has 0 saturated heterocycles. The van der Waals surface area contributed by atoms with Gasteiger partial charge in [0.1, 0.15) is 17.5 Å². The van der Waals surface area contributed by atoms with Crippen LogP contribution in [-0.2, 0) is 0 Å². The van der Waals surface area contributed by atoms with Crippen molar-refractivity contribution in [2.45, 2.75) is 33.7 Å². The van der Waals surface area contributed by atoms with E-state index in [9.17, 15) is 0 Å². The summed E-state index contributed by atoms with van der Waals surface area (Å²) in [4.78, 5) is 11.3. The molecule has 0 aliphatic rings. The van der Waals surface area contributed by atoms with E-state index in [1.807, 2.05) is 19.1 Å². The molecule has 0 radical (unpaired) electrons. The maximum absolute atomic E-state index is 4.53. The van der Waals surface area contributed by atoms with E-state index >= 15 is 0 Å². The lowest BCUT2D eigenvalue weighted by Crippen LogP contribution is -2.23. The normalized spacial score (nSPS) is 12.0. The number of hydrogen-bond acceptors (Lipinski definition) is 4. The van der Waals surface area contributed by atoms with Crippen LogP contribution in [0.4, 0.5) is 11.6 Å². The fraction of sp³-hybridized carbons (Fsp3) is 0.412. The molecular formula is C17H24N4. The molecule has 0 fully saturated rings. The van der Waals surface area contributed by atoms with E-state index in [-0.39, 0.29) is 6.04 Å². The van der Waals surface area contributed by atoms with Crippen molar-refractivity contribution in [1.29, 1.82) is 0 Å². The van der Waals surface area contributed by atoms with E-state index in [2.05, 4.69) is 65.2 Å². The van der Waals surface area contributed by atoms with Crippen LogP contribution in [0.3, 0.4) is 0 Å². The minimum absolute atomic E-state index is 0.213. The molecule has 2 aromatic rings. The van der Waals surface area contributed by atoms with Crippen LogP contribution in [0.15, 0.2) is 36.4 Å².